The Morgan fingerprint density at radius 2 is 1.63 bits per heavy atom. The molecule has 0 aromatic heterocycles. The zero-order valence-electron chi connectivity index (χ0n) is 11.6. The second-order valence-electron chi connectivity index (χ2n) is 6.12. The predicted octanol–water partition coefficient (Wildman–Crippen LogP) is 3.21. The summed E-state index contributed by atoms with van der Waals surface area (Å²) in [6.07, 6.45) is 7.43. The molecule has 2 aliphatic rings. The Hall–Kier alpha value is -1.15. The van der Waals surface area contributed by atoms with Crippen molar-refractivity contribution in [3.05, 3.63) is 35.9 Å². The van der Waals surface area contributed by atoms with Crippen LogP contribution in [0.3, 0.4) is 0 Å². The Balaban J connectivity index is 1.81. The highest BCUT2D eigenvalue weighted by Crippen LogP contribution is 2.37. The molecular weight excluding hydrogens is 234 g/mol. The fourth-order valence-corrected chi connectivity index (χ4v) is 3.77. The lowest BCUT2D eigenvalue weighted by Crippen LogP contribution is -2.51. The van der Waals surface area contributed by atoms with Gasteiger partial charge < -0.3 is 0 Å². The van der Waals surface area contributed by atoms with Gasteiger partial charge in [0.25, 0.3) is 0 Å². The van der Waals surface area contributed by atoms with E-state index in [1.165, 1.54) is 31.5 Å². The highest BCUT2D eigenvalue weighted by atomic mass is 16.1. The summed E-state index contributed by atoms with van der Waals surface area (Å²) in [6, 6.07) is 10.8. The average Bonchev–Trinajstić information content (AvgIpc) is 2.98. The minimum Gasteiger partial charge on any atom is -0.300 e. The Bertz CT molecular complexity index is 424. The Labute approximate surface area is 115 Å². The molecule has 1 saturated carbocycles. The van der Waals surface area contributed by atoms with Crippen molar-refractivity contribution in [1.29, 1.82) is 0 Å². The van der Waals surface area contributed by atoms with Crippen LogP contribution in [0.1, 0.15) is 44.1 Å². The smallest absolute Gasteiger partial charge is 0.133 e. The van der Waals surface area contributed by atoms with Crippen molar-refractivity contribution in [2.24, 2.45) is 0 Å². The van der Waals surface area contributed by atoms with E-state index in [4.69, 9.17) is 0 Å². The van der Waals surface area contributed by atoms with Crippen LogP contribution >= 0.6 is 0 Å². The maximum atomic E-state index is 11.6. The van der Waals surface area contributed by atoms with Crippen LogP contribution in [0.2, 0.25) is 0 Å². The molecule has 2 heteroatoms. The SMILES string of the molecule is O=C1CCC(Cc2ccccc2)(N2CCCC2)CC1. The molecule has 0 bridgehead atoms. The maximum Gasteiger partial charge on any atom is 0.133 e. The zero-order valence-corrected chi connectivity index (χ0v) is 11.6. The van der Waals surface area contributed by atoms with Gasteiger partial charge in [0.1, 0.15) is 5.78 Å². The molecule has 0 N–H and O–H groups in total. The number of hydrogen-bond acceptors (Lipinski definition) is 2. The number of ketones is 1. The van der Waals surface area contributed by atoms with Crippen LogP contribution in [-0.4, -0.2) is 29.3 Å². The van der Waals surface area contributed by atoms with Crippen molar-refractivity contribution < 1.29 is 4.79 Å². The second-order valence-corrected chi connectivity index (χ2v) is 6.12. The molecule has 1 aliphatic carbocycles. The molecule has 102 valence electrons. The summed E-state index contributed by atoms with van der Waals surface area (Å²) in [7, 11) is 0. The number of Topliss-reactive ketones (excluding diaryl/α,β-unsaturated/α-hetero) is 1. The molecule has 1 aliphatic heterocycles. The fraction of sp³-hybridized carbons (Fsp3) is 0.588. The van der Waals surface area contributed by atoms with Crippen LogP contribution in [0, 0.1) is 0 Å². The molecule has 0 spiro atoms. The molecular formula is C17H23NO. The first kappa shape index (κ1) is 12.9. The first-order valence-corrected chi connectivity index (χ1v) is 7.59. The molecule has 3 rings (SSSR count). The van der Waals surface area contributed by atoms with E-state index in [2.05, 4.69) is 35.2 Å². The van der Waals surface area contributed by atoms with Gasteiger partial charge in [0.15, 0.2) is 0 Å². The third-order valence-corrected chi connectivity index (χ3v) is 4.89. The summed E-state index contributed by atoms with van der Waals surface area (Å²) in [4.78, 5) is 14.3. The second kappa shape index (κ2) is 5.46. The van der Waals surface area contributed by atoms with Crippen LogP contribution in [0.5, 0.6) is 0 Å². The van der Waals surface area contributed by atoms with Gasteiger partial charge in [0.05, 0.1) is 0 Å². The first-order chi connectivity index (χ1) is 9.28. The van der Waals surface area contributed by atoms with Crippen molar-refractivity contribution >= 4 is 5.78 Å². The summed E-state index contributed by atoms with van der Waals surface area (Å²) in [5.41, 5.74) is 1.68. The number of hydrogen-bond donors (Lipinski definition) is 0. The van der Waals surface area contributed by atoms with E-state index >= 15 is 0 Å². The first-order valence-electron chi connectivity index (χ1n) is 7.59. The van der Waals surface area contributed by atoms with E-state index in [1.807, 2.05) is 0 Å². The third kappa shape index (κ3) is 2.74. The van der Waals surface area contributed by atoms with Crippen LogP contribution < -0.4 is 0 Å². The standard InChI is InChI=1S/C17H23NO/c19-16-8-10-17(11-9-16,18-12-4-5-13-18)14-15-6-2-1-3-7-15/h1-3,6-7H,4-5,8-14H2. The highest BCUT2D eigenvalue weighted by Gasteiger charge is 2.40. The van der Waals surface area contributed by atoms with E-state index in [0.29, 0.717) is 5.78 Å². The van der Waals surface area contributed by atoms with Gasteiger partial charge in [-0.1, -0.05) is 30.3 Å². The summed E-state index contributed by atoms with van der Waals surface area (Å²) < 4.78 is 0. The molecule has 1 heterocycles. The number of likely N-dealkylation sites (tertiary alicyclic amines) is 1. The van der Waals surface area contributed by atoms with Crippen molar-refractivity contribution in [3.8, 4) is 0 Å². The van der Waals surface area contributed by atoms with Crippen molar-refractivity contribution in [3.63, 3.8) is 0 Å². The van der Waals surface area contributed by atoms with Crippen LogP contribution in [0.15, 0.2) is 30.3 Å². The largest absolute Gasteiger partial charge is 0.300 e. The molecule has 19 heavy (non-hydrogen) atoms. The normalized spacial score (nSPS) is 23.7. The Morgan fingerprint density at radius 3 is 2.26 bits per heavy atom. The zero-order chi connectivity index (χ0) is 13.1. The molecule has 1 saturated heterocycles. The van der Waals surface area contributed by atoms with Gasteiger partial charge in [0, 0.05) is 18.4 Å². The maximum absolute atomic E-state index is 11.6. The third-order valence-electron chi connectivity index (χ3n) is 4.89. The van der Waals surface area contributed by atoms with Crippen LogP contribution in [0.25, 0.3) is 0 Å². The molecule has 2 fully saturated rings. The minimum absolute atomic E-state index is 0.256. The number of carbonyl (C=O) groups is 1. The molecule has 2 nitrogen and oxygen atoms in total. The van der Waals surface area contributed by atoms with E-state index < -0.39 is 0 Å². The number of nitrogens with zero attached hydrogens (tertiary/aromatic N) is 1. The summed E-state index contributed by atoms with van der Waals surface area (Å²) in [5, 5.41) is 0. The topological polar surface area (TPSA) is 20.3 Å². The van der Waals surface area contributed by atoms with Crippen molar-refractivity contribution in [2.45, 2.75) is 50.5 Å². The Kier molecular flexibility index (Phi) is 3.69. The van der Waals surface area contributed by atoms with Gasteiger partial charge >= 0.3 is 0 Å². The predicted molar refractivity (Wildman–Crippen MR) is 77.2 cm³/mol. The lowest BCUT2D eigenvalue weighted by atomic mass is 9.76. The number of benzene rings is 1. The molecule has 0 radical (unpaired) electrons. The molecule has 0 amide bonds. The van der Waals surface area contributed by atoms with E-state index in [9.17, 15) is 4.79 Å². The molecule has 0 atom stereocenters. The van der Waals surface area contributed by atoms with E-state index in [1.54, 1.807) is 0 Å². The summed E-state index contributed by atoms with van der Waals surface area (Å²) in [6.45, 7) is 2.45. The van der Waals surface area contributed by atoms with E-state index in [0.717, 1.165) is 32.1 Å². The van der Waals surface area contributed by atoms with Gasteiger partial charge in [-0.25, -0.2) is 0 Å². The summed E-state index contributed by atoms with van der Waals surface area (Å²) >= 11 is 0. The lowest BCUT2D eigenvalue weighted by molar-refractivity contribution is -0.123. The molecule has 0 unspecified atom stereocenters. The van der Waals surface area contributed by atoms with Gasteiger partial charge in [-0.3, -0.25) is 9.69 Å². The van der Waals surface area contributed by atoms with Gasteiger partial charge in [-0.05, 0) is 50.8 Å². The average molecular weight is 257 g/mol. The van der Waals surface area contributed by atoms with Crippen LogP contribution in [0.4, 0.5) is 0 Å². The highest BCUT2D eigenvalue weighted by molar-refractivity contribution is 5.79. The fourth-order valence-electron chi connectivity index (χ4n) is 3.77. The van der Waals surface area contributed by atoms with Crippen molar-refractivity contribution in [1.82, 2.24) is 4.90 Å². The van der Waals surface area contributed by atoms with Crippen molar-refractivity contribution in [2.75, 3.05) is 13.1 Å². The van der Waals surface area contributed by atoms with Gasteiger partial charge in [-0.2, -0.15) is 0 Å². The van der Waals surface area contributed by atoms with Gasteiger partial charge in [0.2, 0.25) is 0 Å². The van der Waals surface area contributed by atoms with Crippen LogP contribution in [-0.2, 0) is 11.2 Å². The van der Waals surface area contributed by atoms with Gasteiger partial charge in [-0.15, -0.1) is 0 Å². The Morgan fingerprint density at radius 1 is 1.00 bits per heavy atom. The molecule has 1 aromatic rings. The number of rotatable bonds is 3. The number of carbonyl (C=O) groups excluding carboxylic acids is 1. The summed E-state index contributed by atoms with van der Waals surface area (Å²) in [5.74, 6) is 0.461. The minimum atomic E-state index is 0.256. The lowest BCUT2D eigenvalue weighted by Gasteiger charge is -2.44. The quantitative estimate of drug-likeness (QED) is 0.828. The van der Waals surface area contributed by atoms with E-state index in [-0.39, 0.29) is 5.54 Å². The molecule has 1 aromatic carbocycles. The monoisotopic (exact) mass is 257 g/mol.